The number of nitrogens with zero attached hydrogens (tertiary/aromatic N) is 3. The predicted molar refractivity (Wildman–Crippen MR) is 90.5 cm³/mol. The van der Waals surface area contributed by atoms with Crippen LogP contribution in [-0.2, 0) is 19.3 Å². The van der Waals surface area contributed by atoms with E-state index >= 15 is 0 Å². The molecule has 1 aromatic heterocycles. The molecule has 4 rings (SSSR count). The van der Waals surface area contributed by atoms with Crippen molar-refractivity contribution >= 4 is 6.03 Å². The second-order valence-electron chi connectivity index (χ2n) is 6.98. The van der Waals surface area contributed by atoms with Gasteiger partial charge in [0.15, 0.2) is 0 Å². The average Bonchev–Trinajstić information content (AvgIpc) is 3.19. The van der Waals surface area contributed by atoms with Gasteiger partial charge in [-0.05, 0) is 42.7 Å². The standard InChI is InChI=1S/C19H20F3N3O/c20-19(21,22)15-5-3-14(4-6-15)12-23-10-7-16(8-11-23)25-13-17-2-1-9-24(17)18(25)26/h1-6,9,16H,7-8,10-13H2. The van der Waals surface area contributed by atoms with Gasteiger partial charge in [0.25, 0.3) is 0 Å². The van der Waals surface area contributed by atoms with Crippen molar-refractivity contribution < 1.29 is 18.0 Å². The zero-order chi connectivity index (χ0) is 18.3. The maximum absolute atomic E-state index is 12.6. The Bertz CT molecular complexity index is 789. The number of likely N-dealkylation sites (tertiary alicyclic amines) is 1. The SMILES string of the molecule is O=C1N(C2CCN(Cc3ccc(C(F)(F)F)cc3)CC2)Cc2cccn21. The minimum absolute atomic E-state index is 0.0474. The maximum atomic E-state index is 12.6. The highest BCUT2D eigenvalue weighted by atomic mass is 19.4. The van der Waals surface area contributed by atoms with Gasteiger partial charge >= 0.3 is 12.2 Å². The van der Waals surface area contributed by atoms with E-state index in [2.05, 4.69) is 4.90 Å². The highest BCUT2D eigenvalue weighted by Crippen LogP contribution is 2.30. The van der Waals surface area contributed by atoms with Gasteiger partial charge in [0.05, 0.1) is 12.1 Å². The summed E-state index contributed by atoms with van der Waals surface area (Å²) in [6, 6.07) is 9.50. The topological polar surface area (TPSA) is 28.5 Å². The smallest absolute Gasteiger partial charge is 0.315 e. The zero-order valence-electron chi connectivity index (χ0n) is 14.2. The summed E-state index contributed by atoms with van der Waals surface area (Å²) < 4.78 is 39.6. The molecule has 0 radical (unpaired) electrons. The van der Waals surface area contributed by atoms with Crippen LogP contribution < -0.4 is 0 Å². The molecular formula is C19H20F3N3O. The number of alkyl halides is 3. The second kappa shape index (κ2) is 6.46. The number of fused-ring (bicyclic) bond motifs is 1. The molecule has 1 amide bonds. The summed E-state index contributed by atoms with van der Waals surface area (Å²) in [4.78, 5) is 16.6. The van der Waals surface area contributed by atoms with E-state index in [-0.39, 0.29) is 12.1 Å². The van der Waals surface area contributed by atoms with E-state index in [1.54, 1.807) is 22.9 Å². The number of amides is 1. The fourth-order valence-corrected chi connectivity index (χ4v) is 3.84. The molecule has 1 aromatic carbocycles. The average molecular weight is 363 g/mol. The van der Waals surface area contributed by atoms with Crippen LogP contribution in [0.15, 0.2) is 42.6 Å². The molecule has 2 aromatic rings. The molecule has 138 valence electrons. The number of rotatable bonds is 3. The van der Waals surface area contributed by atoms with Crippen LogP contribution in [0.4, 0.5) is 18.0 Å². The van der Waals surface area contributed by atoms with E-state index in [0.29, 0.717) is 13.1 Å². The first-order chi connectivity index (χ1) is 12.4. The summed E-state index contributed by atoms with van der Waals surface area (Å²) in [7, 11) is 0. The van der Waals surface area contributed by atoms with E-state index in [0.717, 1.165) is 49.3 Å². The summed E-state index contributed by atoms with van der Waals surface area (Å²) >= 11 is 0. The van der Waals surface area contributed by atoms with Crippen LogP contribution in [0, 0.1) is 0 Å². The molecule has 0 atom stereocenters. The first-order valence-corrected chi connectivity index (χ1v) is 8.77. The molecule has 0 spiro atoms. The minimum Gasteiger partial charge on any atom is -0.315 e. The Morgan fingerprint density at radius 1 is 1.04 bits per heavy atom. The fourth-order valence-electron chi connectivity index (χ4n) is 3.84. The number of hydrogen-bond acceptors (Lipinski definition) is 2. The number of carbonyl (C=O) groups excluding carboxylic acids is 1. The van der Waals surface area contributed by atoms with Gasteiger partial charge in [0.1, 0.15) is 0 Å². The van der Waals surface area contributed by atoms with E-state index in [4.69, 9.17) is 0 Å². The minimum atomic E-state index is -4.29. The van der Waals surface area contributed by atoms with Crippen LogP contribution in [0.3, 0.4) is 0 Å². The van der Waals surface area contributed by atoms with Crippen LogP contribution in [0.2, 0.25) is 0 Å². The number of carbonyl (C=O) groups is 1. The summed E-state index contributed by atoms with van der Waals surface area (Å²) in [5.41, 5.74) is 1.29. The fraction of sp³-hybridized carbons (Fsp3) is 0.421. The van der Waals surface area contributed by atoms with Gasteiger partial charge < -0.3 is 4.90 Å². The van der Waals surface area contributed by atoms with Crippen LogP contribution in [0.5, 0.6) is 0 Å². The van der Waals surface area contributed by atoms with E-state index in [1.807, 2.05) is 17.0 Å². The lowest BCUT2D eigenvalue weighted by Gasteiger charge is -2.36. The predicted octanol–water partition coefficient (Wildman–Crippen LogP) is 3.96. The summed E-state index contributed by atoms with van der Waals surface area (Å²) in [5, 5.41) is 0. The molecular weight excluding hydrogens is 343 g/mol. The number of halogens is 3. The highest BCUT2D eigenvalue weighted by Gasteiger charge is 2.34. The van der Waals surface area contributed by atoms with Crippen molar-refractivity contribution in [3.05, 3.63) is 59.4 Å². The van der Waals surface area contributed by atoms with Crippen LogP contribution in [-0.4, -0.2) is 39.5 Å². The van der Waals surface area contributed by atoms with Gasteiger partial charge in [-0.25, -0.2) is 4.79 Å². The van der Waals surface area contributed by atoms with E-state index in [9.17, 15) is 18.0 Å². The Kier molecular flexibility index (Phi) is 4.26. The molecule has 1 fully saturated rings. The van der Waals surface area contributed by atoms with E-state index in [1.165, 1.54) is 0 Å². The van der Waals surface area contributed by atoms with E-state index < -0.39 is 11.7 Å². The molecule has 3 heterocycles. The van der Waals surface area contributed by atoms with Crippen molar-refractivity contribution in [3.63, 3.8) is 0 Å². The Morgan fingerprint density at radius 2 is 1.73 bits per heavy atom. The molecule has 0 bridgehead atoms. The highest BCUT2D eigenvalue weighted by molar-refractivity contribution is 5.80. The van der Waals surface area contributed by atoms with Crippen molar-refractivity contribution in [2.24, 2.45) is 0 Å². The summed E-state index contributed by atoms with van der Waals surface area (Å²) in [6.07, 6.45) is -0.718. The normalized spacial score (nSPS) is 19.2. The summed E-state index contributed by atoms with van der Waals surface area (Å²) in [6.45, 7) is 2.98. The van der Waals surface area contributed by atoms with Crippen molar-refractivity contribution in [2.75, 3.05) is 13.1 Å². The Labute approximate surface area is 149 Å². The molecule has 26 heavy (non-hydrogen) atoms. The van der Waals surface area contributed by atoms with Gasteiger partial charge in [-0.3, -0.25) is 9.47 Å². The first-order valence-electron chi connectivity index (χ1n) is 8.77. The molecule has 2 aliphatic rings. The molecule has 0 unspecified atom stereocenters. The van der Waals surface area contributed by atoms with Crippen molar-refractivity contribution in [1.82, 2.24) is 14.4 Å². The molecule has 0 N–H and O–H groups in total. The Balaban J connectivity index is 1.32. The Morgan fingerprint density at radius 3 is 2.35 bits per heavy atom. The van der Waals surface area contributed by atoms with Gasteiger partial charge in [-0.15, -0.1) is 0 Å². The Hall–Kier alpha value is -2.28. The number of hydrogen-bond donors (Lipinski definition) is 0. The third kappa shape index (κ3) is 3.23. The zero-order valence-corrected chi connectivity index (χ0v) is 14.2. The van der Waals surface area contributed by atoms with Crippen LogP contribution in [0.25, 0.3) is 0 Å². The number of aromatic nitrogens is 1. The number of piperidine rings is 1. The lowest BCUT2D eigenvalue weighted by Crippen LogP contribution is -2.45. The van der Waals surface area contributed by atoms with Gasteiger partial charge in [-0.1, -0.05) is 12.1 Å². The molecule has 4 nitrogen and oxygen atoms in total. The molecule has 2 aliphatic heterocycles. The van der Waals surface area contributed by atoms with Gasteiger partial charge in [0, 0.05) is 37.6 Å². The monoisotopic (exact) mass is 363 g/mol. The quantitative estimate of drug-likeness (QED) is 0.826. The lowest BCUT2D eigenvalue weighted by molar-refractivity contribution is -0.137. The first kappa shape index (κ1) is 17.1. The molecule has 0 saturated carbocycles. The summed E-state index contributed by atoms with van der Waals surface area (Å²) in [5.74, 6) is 0. The molecule has 0 aliphatic carbocycles. The second-order valence-corrected chi connectivity index (χ2v) is 6.98. The van der Waals surface area contributed by atoms with Crippen molar-refractivity contribution in [3.8, 4) is 0 Å². The van der Waals surface area contributed by atoms with Crippen LogP contribution >= 0.6 is 0 Å². The maximum Gasteiger partial charge on any atom is 0.416 e. The van der Waals surface area contributed by atoms with Crippen molar-refractivity contribution in [2.45, 2.75) is 38.1 Å². The molecule has 1 saturated heterocycles. The van der Waals surface area contributed by atoms with Gasteiger partial charge in [0.2, 0.25) is 0 Å². The third-order valence-electron chi connectivity index (χ3n) is 5.30. The number of benzene rings is 1. The largest absolute Gasteiger partial charge is 0.416 e. The third-order valence-corrected chi connectivity index (χ3v) is 5.30. The van der Waals surface area contributed by atoms with Crippen molar-refractivity contribution in [1.29, 1.82) is 0 Å². The molecule has 7 heteroatoms. The van der Waals surface area contributed by atoms with Crippen LogP contribution in [0.1, 0.15) is 29.7 Å². The lowest BCUT2D eigenvalue weighted by atomic mass is 10.0. The van der Waals surface area contributed by atoms with Gasteiger partial charge in [-0.2, -0.15) is 13.2 Å².